The Morgan fingerprint density at radius 1 is 1.14 bits per heavy atom. The first-order valence-electron chi connectivity index (χ1n) is 7.85. The third kappa shape index (κ3) is 5.60. The molecule has 1 amide bonds. The Bertz CT molecular complexity index is 506. The van der Waals surface area contributed by atoms with Crippen molar-refractivity contribution >= 4 is 11.7 Å². The molecule has 4 nitrogen and oxygen atoms in total. The van der Waals surface area contributed by atoms with Crippen LogP contribution in [0.2, 0.25) is 0 Å². The molecule has 1 aromatic rings. The number of hydrogen-bond donors (Lipinski definition) is 1. The number of benzene rings is 1. The second kappa shape index (κ2) is 8.08. The lowest BCUT2D eigenvalue weighted by atomic mass is 9.93. The highest BCUT2D eigenvalue weighted by molar-refractivity contribution is 5.97. The Balaban J connectivity index is 2.50. The van der Waals surface area contributed by atoms with Crippen molar-refractivity contribution in [2.24, 2.45) is 11.1 Å². The third-order valence-corrected chi connectivity index (χ3v) is 3.89. The highest BCUT2D eigenvalue weighted by atomic mass is 16.2. The van der Waals surface area contributed by atoms with Crippen LogP contribution in [0, 0.1) is 5.41 Å². The second-order valence-corrected chi connectivity index (χ2v) is 6.59. The predicted molar refractivity (Wildman–Crippen MR) is 89.9 cm³/mol. The molecule has 0 aromatic heterocycles. The van der Waals surface area contributed by atoms with Gasteiger partial charge in [0.2, 0.25) is 5.91 Å². The van der Waals surface area contributed by atoms with E-state index in [2.05, 4.69) is 6.92 Å². The van der Waals surface area contributed by atoms with Crippen LogP contribution in [0.3, 0.4) is 0 Å². The fourth-order valence-electron chi connectivity index (χ4n) is 2.28. The van der Waals surface area contributed by atoms with Crippen molar-refractivity contribution in [2.75, 3.05) is 20.1 Å². The predicted octanol–water partition coefficient (Wildman–Crippen LogP) is 2.66. The van der Waals surface area contributed by atoms with Crippen LogP contribution in [0.25, 0.3) is 0 Å². The van der Waals surface area contributed by atoms with Gasteiger partial charge in [0.1, 0.15) is 0 Å². The summed E-state index contributed by atoms with van der Waals surface area (Å²) in [5.41, 5.74) is 7.46. The minimum absolute atomic E-state index is 0.0138. The number of hydrogen-bond acceptors (Lipinski definition) is 3. The molecule has 0 aliphatic carbocycles. The monoisotopic (exact) mass is 304 g/mol. The maximum Gasteiger partial charge on any atom is 0.222 e. The molecule has 0 aliphatic rings. The molecular weight excluding hydrogens is 276 g/mol. The van der Waals surface area contributed by atoms with Crippen molar-refractivity contribution in [1.82, 2.24) is 4.90 Å². The van der Waals surface area contributed by atoms with Crippen LogP contribution >= 0.6 is 0 Å². The van der Waals surface area contributed by atoms with Crippen LogP contribution < -0.4 is 5.73 Å². The first-order chi connectivity index (χ1) is 10.3. The van der Waals surface area contributed by atoms with Crippen LogP contribution in [-0.2, 0) is 11.2 Å². The second-order valence-electron chi connectivity index (χ2n) is 6.59. The molecule has 1 aromatic carbocycles. The van der Waals surface area contributed by atoms with Gasteiger partial charge in [0.15, 0.2) is 5.78 Å². The van der Waals surface area contributed by atoms with Gasteiger partial charge in [-0.15, -0.1) is 0 Å². The van der Waals surface area contributed by atoms with Gasteiger partial charge >= 0.3 is 0 Å². The molecule has 4 heteroatoms. The van der Waals surface area contributed by atoms with Crippen molar-refractivity contribution in [3.8, 4) is 0 Å². The molecule has 0 unspecified atom stereocenters. The number of aryl methyl sites for hydroxylation is 1. The lowest BCUT2D eigenvalue weighted by molar-refractivity contribution is -0.131. The smallest absolute Gasteiger partial charge is 0.222 e. The van der Waals surface area contributed by atoms with Crippen molar-refractivity contribution in [3.05, 3.63) is 35.4 Å². The van der Waals surface area contributed by atoms with Gasteiger partial charge in [-0.25, -0.2) is 0 Å². The van der Waals surface area contributed by atoms with Gasteiger partial charge in [0, 0.05) is 32.0 Å². The summed E-state index contributed by atoms with van der Waals surface area (Å²) in [6, 6.07) is 7.61. The summed E-state index contributed by atoms with van der Waals surface area (Å²) < 4.78 is 0. The molecule has 0 spiro atoms. The minimum Gasteiger partial charge on any atom is -0.345 e. The zero-order chi connectivity index (χ0) is 16.8. The summed E-state index contributed by atoms with van der Waals surface area (Å²) in [6.07, 6.45) is 1.44. The van der Waals surface area contributed by atoms with Gasteiger partial charge in [0.25, 0.3) is 0 Å². The van der Waals surface area contributed by atoms with Crippen LogP contribution in [0.1, 0.15) is 49.5 Å². The number of carbonyl (C=O) groups is 2. The molecule has 0 aliphatic heterocycles. The number of amides is 1. The van der Waals surface area contributed by atoms with E-state index in [4.69, 9.17) is 5.73 Å². The average Bonchev–Trinajstić information content (AvgIpc) is 2.51. The van der Waals surface area contributed by atoms with Gasteiger partial charge in [-0.1, -0.05) is 45.0 Å². The normalized spacial score (nSPS) is 11.3. The Morgan fingerprint density at radius 2 is 1.73 bits per heavy atom. The van der Waals surface area contributed by atoms with Gasteiger partial charge in [-0.05, 0) is 23.9 Å². The number of carbonyl (C=O) groups excluding carboxylic acids is 2. The first kappa shape index (κ1) is 18.4. The zero-order valence-electron chi connectivity index (χ0n) is 14.2. The summed E-state index contributed by atoms with van der Waals surface area (Å²) in [5, 5.41) is 0. The van der Waals surface area contributed by atoms with E-state index in [9.17, 15) is 9.59 Å². The fourth-order valence-corrected chi connectivity index (χ4v) is 2.28. The van der Waals surface area contributed by atoms with Gasteiger partial charge in [-0.2, -0.15) is 0 Å². The Kier molecular flexibility index (Phi) is 6.75. The maximum atomic E-state index is 12.1. The van der Waals surface area contributed by atoms with Crippen molar-refractivity contribution < 1.29 is 9.59 Å². The van der Waals surface area contributed by atoms with E-state index in [-0.39, 0.29) is 29.9 Å². The molecule has 0 radical (unpaired) electrons. The van der Waals surface area contributed by atoms with E-state index in [1.165, 1.54) is 5.56 Å². The number of nitrogens with two attached hydrogens (primary N) is 1. The standard InChI is InChI=1S/C18H28N2O2/c1-5-14-6-8-15(9-7-14)16(21)10-11-17(22)20(4)13-18(2,3)12-19/h6-9H,5,10-13,19H2,1-4H3. The van der Waals surface area contributed by atoms with E-state index >= 15 is 0 Å². The minimum atomic E-state index is -0.107. The molecule has 0 bridgehead atoms. The van der Waals surface area contributed by atoms with E-state index in [1.54, 1.807) is 11.9 Å². The summed E-state index contributed by atoms with van der Waals surface area (Å²) in [6.45, 7) is 7.25. The van der Waals surface area contributed by atoms with Gasteiger partial charge in [0.05, 0.1) is 0 Å². The topological polar surface area (TPSA) is 63.4 Å². The first-order valence-corrected chi connectivity index (χ1v) is 7.85. The van der Waals surface area contributed by atoms with E-state index in [0.717, 1.165) is 6.42 Å². The summed E-state index contributed by atoms with van der Waals surface area (Å²) >= 11 is 0. The lowest BCUT2D eigenvalue weighted by Gasteiger charge is -2.29. The van der Waals surface area contributed by atoms with Crippen LogP contribution in [-0.4, -0.2) is 36.7 Å². The van der Waals surface area contributed by atoms with Crippen molar-refractivity contribution in [2.45, 2.75) is 40.0 Å². The largest absolute Gasteiger partial charge is 0.345 e. The summed E-state index contributed by atoms with van der Waals surface area (Å²) in [5.74, 6) is 0.00235. The molecule has 122 valence electrons. The number of ketones is 1. The van der Waals surface area contributed by atoms with Crippen LogP contribution in [0.4, 0.5) is 0 Å². The molecule has 0 fully saturated rings. The molecule has 22 heavy (non-hydrogen) atoms. The van der Waals surface area contributed by atoms with Crippen LogP contribution in [0.5, 0.6) is 0 Å². The fraction of sp³-hybridized carbons (Fsp3) is 0.556. The molecule has 0 atom stereocenters. The number of nitrogens with zero attached hydrogens (tertiary/aromatic N) is 1. The Labute approximate surface area is 133 Å². The highest BCUT2D eigenvalue weighted by Gasteiger charge is 2.21. The number of Topliss-reactive ketones (excluding diaryl/α,β-unsaturated/α-hetero) is 1. The SMILES string of the molecule is CCc1ccc(C(=O)CCC(=O)N(C)CC(C)(C)CN)cc1. The molecule has 0 saturated heterocycles. The van der Waals surface area contributed by atoms with E-state index in [1.807, 2.05) is 38.1 Å². The Morgan fingerprint density at radius 3 is 2.23 bits per heavy atom. The van der Waals surface area contributed by atoms with E-state index in [0.29, 0.717) is 18.7 Å². The summed E-state index contributed by atoms with van der Waals surface area (Å²) in [4.78, 5) is 25.9. The molecule has 0 heterocycles. The molecule has 1 rings (SSSR count). The molecular formula is C18H28N2O2. The summed E-state index contributed by atoms with van der Waals surface area (Å²) in [7, 11) is 1.76. The van der Waals surface area contributed by atoms with Gasteiger partial charge in [-0.3, -0.25) is 9.59 Å². The van der Waals surface area contributed by atoms with Crippen molar-refractivity contribution in [1.29, 1.82) is 0 Å². The highest BCUT2D eigenvalue weighted by Crippen LogP contribution is 2.15. The lowest BCUT2D eigenvalue weighted by Crippen LogP contribution is -2.39. The zero-order valence-corrected chi connectivity index (χ0v) is 14.2. The van der Waals surface area contributed by atoms with Crippen molar-refractivity contribution in [3.63, 3.8) is 0 Å². The Hall–Kier alpha value is -1.68. The van der Waals surface area contributed by atoms with Gasteiger partial charge < -0.3 is 10.6 Å². The number of rotatable bonds is 8. The molecule has 0 saturated carbocycles. The third-order valence-electron chi connectivity index (χ3n) is 3.89. The average molecular weight is 304 g/mol. The molecule has 2 N–H and O–H groups in total. The van der Waals surface area contributed by atoms with Crippen LogP contribution in [0.15, 0.2) is 24.3 Å². The quantitative estimate of drug-likeness (QED) is 0.751. The maximum absolute atomic E-state index is 12.1. The van der Waals surface area contributed by atoms with E-state index < -0.39 is 0 Å².